The molecule has 2 N–H and O–H groups in total. The Labute approximate surface area is 149 Å². The number of carbonyl (C=O) groups is 1. The highest BCUT2D eigenvalue weighted by molar-refractivity contribution is 7.07. The highest BCUT2D eigenvalue weighted by atomic mass is 35.5. The smallest absolute Gasteiger partial charge is 0.220 e. The first kappa shape index (κ1) is 21.6. The summed E-state index contributed by atoms with van der Waals surface area (Å²) in [5.74, 6) is 0.126. The molecule has 1 amide bonds. The van der Waals surface area contributed by atoms with Crippen LogP contribution in [-0.2, 0) is 11.2 Å². The molecule has 128 valence electrons. The number of nitrogens with one attached hydrogen (secondary N) is 2. The number of hydrogen-bond acceptors (Lipinski definition) is 4. The average molecular weight is 368 g/mol. The van der Waals surface area contributed by atoms with Gasteiger partial charge in [-0.2, -0.15) is 0 Å². The van der Waals surface area contributed by atoms with Gasteiger partial charge in [0.1, 0.15) is 0 Å². The van der Waals surface area contributed by atoms with E-state index in [0.29, 0.717) is 12.5 Å². The van der Waals surface area contributed by atoms with Crippen molar-refractivity contribution in [3.05, 3.63) is 16.6 Å². The van der Waals surface area contributed by atoms with Crippen molar-refractivity contribution in [2.75, 3.05) is 13.1 Å². The predicted molar refractivity (Wildman–Crippen MR) is 97.4 cm³/mol. The summed E-state index contributed by atoms with van der Waals surface area (Å²) >= 11 is 1.58. The second kappa shape index (κ2) is 13.1. The first-order chi connectivity index (χ1) is 9.84. The van der Waals surface area contributed by atoms with Gasteiger partial charge < -0.3 is 10.6 Å². The van der Waals surface area contributed by atoms with Gasteiger partial charge in [0, 0.05) is 30.9 Å². The minimum Gasteiger partial charge on any atom is -0.355 e. The lowest BCUT2D eigenvalue weighted by Gasteiger charge is -2.16. The van der Waals surface area contributed by atoms with Crippen LogP contribution in [0.25, 0.3) is 0 Å². The summed E-state index contributed by atoms with van der Waals surface area (Å²) in [7, 11) is 0. The van der Waals surface area contributed by atoms with Gasteiger partial charge in [-0.1, -0.05) is 25.7 Å². The molecule has 1 aromatic rings. The standard InChI is InChI=1S/C15H25N3OS.2ClH/c19-15(8-7-14-11-20-12-18-14)17-10-9-16-13-5-3-1-2-4-6-13;;/h11-13,16H,1-10H2,(H,17,19);2*1H. The van der Waals surface area contributed by atoms with E-state index in [2.05, 4.69) is 15.6 Å². The number of carbonyl (C=O) groups excluding carboxylic acids is 1. The number of hydrogen-bond donors (Lipinski definition) is 2. The Bertz CT molecular complexity index is 382. The number of nitrogens with zero attached hydrogens (tertiary/aromatic N) is 1. The van der Waals surface area contributed by atoms with Crippen molar-refractivity contribution in [2.45, 2.75) is 57.4 Å². The van der Waals surface area contributed by atoms with Crippen LogP contribution in [0.5, 0.6) is 0 Å². The highest BCUT2D eigenvalue weighted by Crippen LogP contribution is 2.16. The van der Waals surface area contributed by atoms with Crippen molar-refractivity contribution in [3.63, 3.8) is 0 Å². The molecule has 0 atom stereocenters. The second-order valence-electron chi connectivity index (χ2n) is 5.47. The fraction of sp³-hybridized carbons (Fsp3) is 0.733. The van der Waals surface area contributed by atoms with Gasteiger partial charge in [0.2, 0.25) is 5.91 Å². The molecule has 1 aromatic heterocycles. The maximum absolute atomic E-state index is 11.7. The van der Waals surface area contributed by atoms with E-state index in [0.717, 1.165) is 25.2 Å². The highest BCUT2D eigenvalue weighted by Gasteiger charge is 2.11. The van der Waals surface area contributed by atoms with E-state index in [-0.39, 0.29) is 30.7 Å². The Hall–Kier alpha value is -0.360. The Morgan fingerprint density at radius 3 is 2.55 bits per heavy atom. The molecule has 0 saturated heterocycles. The van der Waals surface area contributed by atoms with Crippen LogP contribution in [0, 0.1) is 0 Å². The van der Waals surface area contributed by atoms with E-state index >= 15 is 0 Å². The molecule has 2 rings (SSSR count). The first-order valence-electron chi connectivity index (χ1n) is 7.72. The molecule has 0 spiro atoms. The van der Waals surface area contributed by atoms with E-state index in [4.69, 9.17) is 0 Å². The van der Waals surface area contributed by atoms with E-state index in [1.54, 1.807) is 11.3 Å². The van der Waals surface area contributed by atoms with Crippen molar-refractivity contribution in [1.29, 1.82) is 0 Å². The minimum absolute atomic E-state index is 0. The lowest BCUT2D eigenvalue weighted by atomic mass is 10.1. The van der Waals surface area contributed by atoms with E-state index in [1.165, 1.54) is 38.5 Å². The van der Waals surface area contributed by atoms with Gasteiger partial charge in [-0.15, -0.1) is 36.2 Å². The summed E-state index contributed by atoms with van der Waals surface area (Å²) in [5.41, 5.74) is 2.82. The van der Waals surface area contributed by atoms with Crippen LogP contribution in [0.3, 0.4) is 0 Å². The number of amides is 1. The molecule has 0 radical (unpaired) electrons. The van der Waals surface area contributed by atoms with Crippen molar-refractivity contribution < 1.29 is 4.79 Å². The van der Waals surface area contributed by atoms with Crippen molar-refractivity contribution in [2.24, 2.45) is 0 Å². The molecule has 7 heteroatoms. The number of aryl methyl sites for hydroxylation is 1. The molecular weight excluding hydrogens is 341 g/mol. The molecule has 0 aromatic carbocycles. The predicted octanol–water partition coefficient (Wildman–Crippen LogP) is 3.35. The Kier molecular flexibility index (Phi) is 12.9. The SMILES string of the molecule is Cl.Cl.O=C(CCc1cscn1)NCCNC1CCCCCC1. The van der Waals surface area contributed by atoms with E-state index in [1.807, 2.05) is 10.9 Å². The molecule has 0 unspecified atom stereocenters. The average Bonchev–Trinajstić information content (AvgIpc) is 2.84. The van der Waals surface area contributed by atoms with Crippen LogP contribution >= 0.6 is 36.2 Å². The fourth-order valence-electron chi connectivity index (χ4n) is 2.65. The summed E-state index contributed by atoms with van der Waals surface area (Å²) in [4.78, 5) is 15.9. The van der Waals surface area contributed by atoms with Gasteiger partial charge in [-0.3, -0.25) is 4.79 Å². The molecule has 1 fully saturated rings. The molecule has 0 aliphatic heterocycles. The molecule has 1 aliphatic rings. The van der Waals surface area contributed by atoms with E-state index in [9.17, 15) is 4.79 Å². The van der Waals surface area contributed by atoms with Gasteiger partial charge in [-0.05, 0) is 19.3 Å². The van der Waals surface area contributed by atoms with Crippen LogP contribution in [0.1, 0.15) is 50.6 Å². The quantitative estimate of drug-likeness (QED) is 0.573. The third-order valence-corrected chi connectivity index (χ3v) is 4.46. The summed E-state index contributed by atoms with van der Waals surface area (Å²) in [5, 5.41) is 8.54. The normalized spacial score (nSPS) is 15.3. The second-order valence-corrected chi connectivity index (χ2v) is 6.19. The molecule has 4 nitrogen and oxygen atoms in total. The van der Waals surface area contributed by atoms with Crippen molar-refractivity contribution >= 4 is 42.1 Å². The van der Waals surface area contributed by atoms with Crippen LogP contribution in [-0.4, -0.2) is 30.0 Å². The largest absolute Gasteiger partial charge is 0.355 e. The minimum atomic E-state index is 0. The lowest BCUT2D eigenvalue weighted by Crippen LogP contribution is -2.36. The van der Waals surface area contributed by atoms with E-state index < -0.39 is 0 Å². The Morgan fingerprint density at radius 2 is 1.91 bits per heavy atom. The molecule has 0 bridgehead atoms. The van der Waals surface area contributed by atoms with Gasteiger partial charge in [-0.25, -0.2) is 4.98 Å². The maximum Gasteiger partial charge on any atom is 0.220 e. The zero-order valence-corrected chi connectivity index (χ0v) is 15.3. The number of rotatable bonds is 7. The first-order valence-corrected chi connectivity index (χ1v) is 8.66. The van der Waals surface area contributed by atoms with Crippen LogP contribution < -0.4 is 10.6 Å². The Morgan fingerprint density at radius 1 is 1.18 bits per heavy atom. The molecular formula is C15H27Cl2N3OS. The van der Waals surface area contributed by atoms with Crippen LogP contribution in [0.15, 0.2) is 10.9 Å². The van der Waals surface area contributed by atoms with Gasteiger partial charge >= 0.3 is 0 Å². The molecule has 1 aliphatic carbocycles. The van der Waals surface area contributed by atoms with Crippen molar-refractivity contribution in [3.8, 4) is 0 Å². The zero-order valence-electron chi connectivity index (χ0n) is 12.9. The maximum atomic E-state index is 11.7. The van der Waals surface area contributed by atoms with Gasteiger partial charge in [0.05, 0.1) is 11.2 Å². The third kappa shape index (κ3) is 8.93. The summed E-state index contributed by atoms with van der Waals surface area (Å²) in [6.45, 7) is 1.61. The topological polar surface area (TPSA) is 54.0 Å². The number of aromatic nitrogens is 1. The molecule has 1 heterocycles. The van der Waals surface area contributed by atoms with Crippen molar-refractivity contribution in [1.82, 2.24) is 15.6 Å². The van der Waals surface area contributed by atoms with Gasteiger partial charge in [0.15, 0.2) is 0 Å². The number of thiazole rings is 1. The van der Waals surface area contributed by atoms with Crippen LogP contribution in [0.2, 0.25) is 0 Å². The molecule has 1 saturated carbocycles. The zero-order chi connectivity index (χ0) is 14.0. The summed E-state index contributed by atoms with van der Waals surface area (Å²) < 4.78 is 0. The Balaban J connectivity index is 0.00000220. The third-order valence-electron chi connectivity index (χ3n) is 3.83. The fourth-order valence-corrected chi connectivity index (χ4v) is 3.25. The number of halogens is 2. The monoisotopic (exact) mass is 367 g/mol. The summed E-state index contributed by atoms with van der Waals surface area (Å²) in [6.07, 6.45) is 9.31. The van der Waals surface area contributed by atoms with Gasteiger partial charge in [0.25, 0.3) is 0 Å². The summed E-state index contributed by atoms with van der Waals surface area (Å²) in [6, 6.07) is 0.657. The lowest BCUT2D eigenvalue weighted by molar-refractivity contribution is -0.121. The molecule has 22 heavy (non-hydrogen) atoms. The van der Waals surface area contributed by atoms with Crippen LogP contribution in [0.4, 0.5) is 0 Å².